The highest BCUT2D eigenvalue weighted by molar-refractivity contribution is 5.94. The number of imidazole rings is 2. The van der Waals surface area contributed by atoms with Crippen molar-refractivity contribution in [3.8, 4) is 11.5 Å². The first-order valence-corrected chi connectivity index (χ1v) is 8.64. The highest BCUT2D eigenvalue weighted by atomic mass is 16.1. The molecule has 6 nitrogen and oxygen atoms in total. The maximum Gasteiger partial charge on any atom is 0.271 e. The molecule has 4 aromatic rings. The number of fused-ring (bicyclic) bond motifs is 2. The molecule has 0 bridgehead atoms. The molecule has 6 heteroatoms. The van der Waals surface area contributed by atoms with E-state index in [0.717, 1.165) is 23.5 Å². The van der Waals surface area contributed by atoms with Gasteiger partial charge >= 0.3 is 0 Å². The van der Waals surface area contributed by atoms with Crippen LogP contribution in [0.25, 0.3) is 17.2 Å². The van der Waals surface area contributed by atoms with Crippen molar-refractivity contribution < 1.29 is 4.79 Å². The van der Waals surface area contributed by atoms with E-state index in [2.05, 4.69) is 32.4 Å². The van der Waals surface area contributed by atoms with Crippen LogP contribution in [-0.2, 0) is 6.42 Å². The molecule has 0 radical (unpaired) electrons. The third-order valence-electron chi connectivity index (χ3n) is 4.88. The monoisotopic (exact) mass is 343 g/mol. The van der Waals surface area contributed by atoms with Gasteiger partial charge in [-0.2, -0.15) is 0 Å². The highest BCUT2D eigenvalue weighted by Gasteiger charge is 2.27. The van der Waals surface area contributed by atoms with Crippen LogP contribution in [-0.4, -0.2) is 31.8 Å². The molecule has 0 spiro atoms. The fraction of sp³-hybridized carbons (Fsp3) is 0.150. The molecular weight excluding hydrogens is 326 g/mol. The maximum atomic E-state index is 12.5. The Balaban J connectivity index is 1.57. The zero-order chi connectivity index (χ0) is 17.5. The van der Waals surface area contributed by atoms with Crippen molar-refractivity contribution in [1.29, 1.82) is 0 Å². The number of benzene rings is 1. The number of aromatic nitrogens is 4. The van der Waals surface area contributed by atoms with Crippen molar-refractivity contribution in [1.82, 2.24) is 24.7 Å². The molecule has 0 fully saturated rings. The molecular formula is C20H17N5O. The summed E-state index contributed by atoms with van der Waals surface area (Å²) in [5.74, 6) is 0.754. The van der Waals surface area contributed by atoms with Gasteiger partial charge in [0, 0.05) is 24.4 Å². The second kappa shape index (κ2) is 5.84. The number of hydrogen-bond acceptors (Lipinski definition) is 3. The van der Waals surface area contributed by atoms with Crippen LogP contribution in [0.3, 0.4) is 0 Å². The molecule has 26 heavy (non-hydrogen) atoms. The fourth-order valence-electron chi connectivity index (χ4n) is 3.55. The highest BCUT2D eigenvalue weighted by Crippen LogP contribution is 2.27. The van der Waals surface area contributed by atoms with Gasteiger partial charge in [0.25, 0.3) is 5.91 Å². The fourth-order valence-corrected chi connectivity index (χ4v) is 3.55. The van der Waals surface area contributed by atoms with E-state index in [0.29, 0.717) is 18.1 Å². The zero-order valence-corrected chi connectivity index (χ0v) is 14.0. The molecule has 3 aromatic heterocycles. The van der Waals surface area contributed by atoms with Gasteiger partial charge in [-0.1, -0.05) is 36.4 Å². The van der Waals surface area contributed by atoms with E-state index in [4.69, 9.17) is 0 Å². The third kappa shape index (κ3) is 2.38. The Hall–Kier alpha value is -3.41. The van der Waals surface area contributed by atoms with Crippen LogP contribution in [0.5, 0.6) is 0 Å². The molecule has 128 valence electrons. The van der Waals surface area contributed by atoms with Crippen molar-refractivity contribution in [2.75, 3.05) is 6.54 Å². The summed E-state index contributed by atoms with van der Waals surface area (Å²) < 4.78 is 1.96. The van der Waals surface area contributed by atoms with Crippen molar-refractivity contribution >= 4 is 11.6 Å². The molecule has 1 aliphatic rings. The minimum atomic E-state index is -0.130. The molecule has 1 amide bonds. The van der Waals surface area contributed by atoms with E-state index in [1.807, 2.05) is 47.0 Å². The lowest BCUT2D eigenvalue weighted by Gasteiger charge is -2.14. The number of rotatable bonds is 2. The first kappa shape index (κ1) is 14.9. The maximum absolute atomic E-state index is 12.5. The van der Waals surface area contributed by atoms with Crippen molar-refractivity contribution in [3.63, 3.8) is 0 Å². The van der Waals surface area contributed by atoms with Crippen molar-refractivity contribution in [3.05, 3.63) is 77.9 Å². The largest absolute Gasteiger partial charge is 0.350 e. The SMILES string of the molecule is O=C1NC[C@@H](c2ccccc2)Cc2[nH]c(-c3cnc4ccccn34)nc21. The molecule has 1 aromatic carbocycles. The van der Waals surface area contributed by atoms with Gasteiger partial charge in [0.2, 0.25) is 0 Å². The number of nitrogens with zero attached hydrogens (tertiary/aromatic N) is 3. The lowest BCUT2D eigenvalue weighted by Crippen LogP contribution is -2.26. The van der Waals surface area contributed by atoms with E-state index < -0.39 is 0 Å². The Labute approximate surface area is 149 Å². The van der Waals surface area contributed by atoms with E-state index in [-0.39, 0.29) is 11.8 Å². The normalized spacial score (nSPS) is 16.9. The summed E-state index contributed by atoms with van der Waals surface area (Å²) in [6.45, 7) is 0.609. The first-order valence-electron chi connectivity index (χ1n) is 8.64. The second-order valence-electron chi connectivity index (χ2n) is 6.51. The van der Waals surface area contributed by atoms with Crippen LogP contribution < -0.4 is 5.32 Å². The summed E-state index contributed by atoms with van der Waals surface area (Å²) in [6, 6.07) is 16.1. The first-order chi connectivity index (χ1) is 12.8. The minimum absolute atomic E-state index is 0.130. The van der Waals surface area contributed by atoms with Crippen LogP contribution in [0.15, 0.2) is 60.9 Å². The molecule has 4 heterocycles. The van der Waals surface area contributed by atoms with Gasteiger partial charge in [0.1, 0.15) is 17.0 Å². The van der Waals surface area contributed by atoms with Gasteiger partial charge in [0.15, 0.2) is 5.82 Å². The minimum Gasteiger partial charge on any atom is -0.350 e. The predicted molar refractivity (Wildman–Crippen MR) is 98.0 cm³/mol. The smallest absolute Gasteiger partial charge is 0.271 e. The van der Waals surface area contributed by atoms with Crippen molar-refractivity contribution in [2.45, 2.75) is 12.3 Å². The molecule has 1 atom stereocenters. The Morgan fingerprint density at radius 2 is 1.92 bits per heavy atom. The molecule has 0 saturated heterocycles. The Morgan fingerprint density at radius 3 is 2.81 bits per heavy atom. The summed E-state index contributed by atoms with van der Waals surface area (Å²) in [5.41, 5.74) is 4.25. The van der Waals surface area contributed by atoms with Gasteiger partial charge in [-0.05, 0) is 24.1 Å². The van der Waals surface area contributed by atoms with E-state index in [9.17, 15) is 4.79 Å². The van der Waals surface area contributed by atoms with Gasteiger partial charge < -0.3 is 10.3 Å². The summed E-state index contributed by atoms with van der Waals surface area (Å²) in [5, 5.41) is 3.00. The molecule has 0 saturated carbocycles. The van der Waals surface area contributed by atoms with Crippen LogP contribution in [0.1, 0.15) is 27.7 Å². The van der Waals surface area contributed by atoms with Gasteiger partial charge in [-0.3, -0.25) is 9.20 Å². The van der Waals surface area contributed by atoms with Crippen LogP contribution in [0, 0.1) is 0 Å². The quantitative estimate of drug-likeness (QED) is 0.588. The van der Waals surface area contributed by atoms with Crippen LogP contribution >= 0.6 is 0 Å². The third-order valence-corrected chi connectivity index (χ3v) is 4.88. The topological polar surface area (TPSA) is 75.1 Å². The number of nitrogens with one attached hydrogen (secondary N) is 2. The van der Waals surface area contributed by atoms with Gasteiger partial charge in [0.05, 0.1) is 6.20 Å². The number of aromatic amines is 1. The molecule has 0 aliphatic carbocycles. The lowest BCUT2D eigenvalue weighted by molar-refractivity contribution is 0.0950. The number of carbonyl (C=O) groups excluding carboxylic acids is 1. The van der Waals surface area contributed by atoms with Crippen molar-refractivity contribution in [2.24, 2.45) is 0 Å². The Kier molecular flexibility index (Phi) is 3.35. The lowest BCUT2D eigenvalue weighted by atomic mass is 9.94. The summed E-state index contributed by atoms with van der Waals surface area (Å²) in [7, 11) is 0. The standard InChI is InChI=1S/C20H17N5O/c26-20-18-15(10-14(11-22-20)13-6-2-1-3-7-13)23-19(24-18)16-12-21-17-8-4-5-9-25(16)17/h1-9,12,14H,10-11H2,(H,22,26)(H,23,24)/t14-/m0/s1. The zero-order valence-electron chi connectivity index (χ0n) is 14.0. The van der Waals surface area contributed by atoms with Crippen LogP contribution in [0.4, 0.5) is 0 Å². The molecule has 1 aliphatic heterocycles. The van der Waals surface area contributed by atoms with E-state index >= 15 is 0 Å². The van der Waals surface area contributed by atoms with E-state index in [1.165, 1.54) is 5.56 Å². The number of pyridine rings is 1. The number of carbonyl (C=O) groups is 1. The predicted octanol–water partition coefficient (Wildman–Crippen LogP) is 2.79. The van der Waals surface area contributed by atoms with E-state index in [1.54, 1.807) is 6.20 Å². The number of hydrogen-bond donors (Lipinski definition) is 2. The molecule has 2 N–H and O–H groups in total. The second-order valence-corrected chi connectivity index (χ2v) is 6.51. The summed E-state index contributed by atoms with van der Waals surface area (Å²) >= 11 is 0. The average molecular weight is 343 g/mol. The van der Waals surface area contributed by atoms with Gasteiger partial charge in [-0.15, -0.1) is 0 Å². The summed E-state index contributed by atoms with van der Waals surface area (Å²) in [6.07, 6.45) is 4.46. The number of H-pyrrole nitrogens is 1. The Bertz CT molecular complexity index is 1100. The summed E-state index contributed by atoms with van der Waals surface area (Å²) in [4.78, 5) is 24.9. The molecule has 5 rings (SSSR count). The Morgan fingerprint density at radius 1 is 1.08 bits per heavy atom. The average Bonchev–Trinajstić information content (AvgIpc) is 3.26. The van der Waals surface area contributed by atoms with Crippen LogP contribution in [0.2, 0.25) is 0 Å². The van der Waals surface area contributed by atoms with Gasteiger partial charge in [-0.25, -0.2) is 9.97 Å². The molecule has 0 unspecified atom stereocenters. The number of amides is 1.